The Kier molecular flexibility index (Phi) is 5.25. The van der Waals surface area contributed by atoms with Gasteiger partial charge in [0.2, 0.25) is 0 Å². The first-order chi connectivity index (χ1) is 12.0. The van der Waals surface area contributed by atoms with Crippen molar-refractivity contribution in [3.63, 3.8) is 0 Å². The Balaban J connectivity index is 1.81. The molecule has 0 aliphatic rings. The monoisotopic (exact) mass is 391 g/mol. The van der Waals surface area contributed by atoms with Gasteiger partial charge in [-0.1, -0.05) is 28.1 Å². The van der Waals surface area contributed by atoms with Crippen LogP contribution in [0, 0.1) is 25.2 Å². The summed E-state index contributed by atoms with van der Waals surface area (Å²) in [5.74, 6) is 0.801. The van der Waals surface area contributed by atoms with Gasteiger partial charge in [0.15, 0.2) is 0 Å². The summed E-state index contributed by atoms with van der Waals surface area (Å²) in [7, 11) is 0. The molecule has 124 valence electrons. The summed E-state index contributed by atoms with van der Waals surface area (Å²) in [4.78, 5) is 9.12. The number of rotatable bonds is 4. The van der Waals surface area contributed by atoms with Crippen LogP contribution in [-0.4, -0.2) is 9.97 Å². The largest absolute Gasteiger partial charge is 0.241 e. The van der Waals surface area contributed by atoms with Gasteiger partial charge in [0, 0.05) is 29.2 Å². The van der Waals surface area contributed by atoms with E-state index in [0.29, 0.717) is 12.0 Å². The highest BCUT2D eigenvalue weighted by Gasteiger charge is 2.08. The second-order valence-electron chi connectivity index (χ2n) is 6.14. The normalized spacial score (nSPS) is 10.5. The molecule has 3 nitrogen and oxygen atoms in total. The van der Waals surface area contributed by atoms with Crippen molar-refractivity contribution >= 4 is 15.9 Å². The summed E-state index contributed by atoms with van der Waals surface area (Å²) in [6.45, 7) is 4.26. The van der Waals surface area contributed by atoms with Crippen LogP contribution in [0.2, 0.25) is 0 Å². The maximum atomic E-state index is 8.88. The lowest BCUT2D eigenvalue weighted by Crippen LogP contribution is -2.03. The standard InChI is InChI=1S/C21H18BrN3/c1-14-9-18(22)10-15(2)20(14)12-19-7-8-24-21(25-19)11-16-3-5-17(13-23)6-4-16/h3-10H,11-12H2,1-2H3. The van der Waals surface area contributed by atoms with Gasteiger partial charge in [-0.05, 0) is 66.4 Å². The van der Waals surface area contributed by atoms with Crippen molar-refractivity contribution in [2.75, 3.05) is 0 Å². The van der Waals surface area contributed by atoms with Crippen molar-refractivity contribution in [1.29, 1.82) is 5.26 Å². The maximum Gasteiger partial charge on any atom is 0.132 e. The first-order valence-corrected chi connectivity index (χ1v) is 8.90. The van der Waals surface area contributed by atoms with Crippen LogP contribution >= 0.6 is 15.9 Å². The summed E-state index contributed by atoms with van der Waals surface area (Å²) in [5, 5.41) is 8.88. The van der Waals surface area contributed by atoms with E-state index in [1.807, 2.05) is 36.5 Å². The molecule has 25 heavy (non-hydrogen) atoms. The molecule has 4 heteroatoms. The predicted octanol–water partition coefficient (Wildman–Crippen LogP) is 4.91. The molecule has 3 rings (SSSR count). The Morgan fingerprint density at radius 1 is 1.00 bits per heavy atom. The summed E-state index contributed by atoms with van der Waals surface area (Å²) in [6.07, 6.45) is 3.29. The highest BCUT2D eigenvalue weighted by atomic mass is 79.9. The van der Waals surface area contributed by atoms with Gasteiger partial charge in [0.05, 0.1) is 11.6 Å². The lowest BCUT2D eigenvalue weighted by Gasteiger charge is -2.11. The van der Waals surface area contributed by atoms with Crippen LogP contribution in [0.1, 0.15) is 39.3 Å². The van der Waals surface area contributed by atoms with Crippen molar-refractivity contribution in [2.45, 2.75) is 26.7 Å². The molecule has 0 spiro atoms. The number of nitrogens with zero attached hydrogens (tertiary/aromatic N) is 3. The molecule has 0 unspecified atom stereocenters. The lowest BCUT2D eigenvalue weighted by molar-refractivity contribution is 0.912. The second kappa shape index (κ2) is 7.58. The summed E-state index contributed by atoms with van der Waals surface area (Å²) in [6, 6.07) is 16.0. The molecule has 0 saturated carbocycles. The summed E-state index contributed by atoms with van der Waals surface area (Å²) < 4.78 is 1.11. The van der Waals surface area contributed by atoms with E-state index in [0.717, 1.165) is 28.0 Å². The van der Waals surface area contributed by atoms with Gasteiger partial charge in [-0.2, -0.15) is 5.26 Å². The number of hydrogen-bond donors (Lipinski definition) is 0. The minimum absolute atomic E-state index is 0.665. The van der Waals surface area contributed by atoms with Crippen LogP contribution in [0.15, 0.2) is 53.1 Å². The Labute approximate surface area is 156 Å². The van der Waals surface area contributed by atoms with Crippen LogP contribution in [0.5, 0.6) is 0 Å². The van der Waals surface area contributed by atoms with Crippen molar-refractivity contribution in [2.24, 2.45) is 0 Å². The fourth-order valence-electron chi connectivity index (χ4n) is 2.91. The topological polar surface area (TPSA) is 49.6 Å². The Morgan fingerprint density at radius 3 is 2.32 bits per heavy atom. The zero-order valence-electron chi connectivity index (χ0n) is 14.3. The Bertz CT molecular complexity index is 917. The van der Waals surface area contributed by atoms with E-state index in [-0.39, 0.29) is 0 Å². The lowest BCUT2D eigenvalue weighted by atomic mass is 9.98. The van der Waals surface area contributed by atoms with Crippen molar-refractivity contribution in [3.8, 4) is 6.07 Å². The second-order valence-corrected chi connectivity index (χ2v) is 7.06. The summed E-state index contributed by atoms with van der Waals surface area (Å²) in [5.41, 5.74) is 6.63. The molecule has 3 aromatic rings. The molecule has 0 saturated heterocycles. The van der Waals surface area contributed by atoms with Crippen molar-refractivity contribution in [1.82, 2.24) is 9.97 Å². The highest BCUT2D eigenvalue weighted by Crippen LogP contribution is 2.22. The van der Waals surface area contributed by atoms with Crippen molar-refractivity contribution < 1.29 is 0 Å². The molecular weight excluding hydrogens is 374 g/mol. The number of halogens is 1. The van der Waals surface area contributed by atoms with Crippen LogP contribution in [-0.2, 0) is 12.8 Å². The number of aryl methyl sites for hydroxylation is 2. The average Bonchev–Trinajstić information content (AvgIpc) is 2.59. The fourth-order valence-corrected chi connectivity index (χ4v) is 3.59. The minimum Gasteiger partial charge on any atom is -0.241 e. The van der Waals surface area contributed by atoms with Gasteiger partial charge in [-0.25, -0.2) is 9.97 Å². The fraction of sp³-hybridized carbons (Fsp3) is 0.190. The third-order valence-electron chi connectivity index (χ3n) is 4.23. The molecule has 0 atom stereocenters. The number of benzene rings is 2. The zero-order valence-corrected chi connectivity index (χ0v) is 15.8. The number of nitriles is 1. The zero-order chi connectivity index (χ0) is 17.8. The van der Waals surface area contributed by atoms with Gasteiger partial charge in [0.1, 0.15) is 5.82 Å². The van der Waals surface area contributed by atoms with Gasteiger partial charge >= 0.3 is 0 Å². The number of hydrogen-bond acceptors (Lipinski definition) is 3. The minimum atomic E-state index is 0.665. The molecular formula is C21H18BrN3. The third kappa shape index (κ3) is 4.32. The van der Waals surface area contributed by atoms with Crippen LogP contribution in [0.3, 0.4) is 0 Å². The van der Waals surface area contributed by atoms with Gasteiger partial charge in [-0.15, -0.1) is 0 Å². The van der Waals surface area contributed by atoms with Gasteiger partial charge in [0.25, 0.3) is 0 Å². The molecule has 0 N–H and O–H groups in total. The molecule has 0 bridgehead atoms. The molecule has 0 aliphatic heterocycles. The van der Waals surface area contributed by atoms with Crippen LogP contribution in [0.4, 0.5) is 0 Å². The van der Waals surface area contributed by atoms with E-state index >= 15 is 0 Å². The van der Waals surface area contributed by atoms with Gasteiger partial charge < -0.3 is 0 Å². The smallest absolute Gasteiger partial charge is 0.132 e. The molecule has 0 aliphatic carbocycles. The van der Waals surface area contributed by atoms with E-state index < -0.39 is 0 Å². The molecule has 1 aromatic heterocycles. The molecule has 1 heterocycles. The molecule has 0 fully saturated rings. The van der Waals surface area contributed by atoms with E-state index in [4.69, 9.17) is 10.2 Å². The van der Waals surface area contributed by atoms with E-state index in [9.17, 15) is 0 Å². The van der Waals surface area contributed by atoms with Gasteiger partial charge in [-0.3, -0.25) is 0 Å². The highest BCUT2D eigenvalue weighted by molar-refractivity contribution is 9.10. The first kappa shape index (κ1) is 17.3. The first-order valence-electron chi connectivity index (χ1n) is 8.10. The Hall–Kier alpha value is -2.51. The average molecular weight is 392 g/mol. The van der Waals surface area contributed by atoms with E-state index in [1.54, 1.807) is 0 Å². The molecule has 2 aromatic carbocycles. The predicted molar refractivity (Wildman–Crippen MR) is 102 cm³/mol. The Morgan fingerprint density at radius 2 is 1.68 bits per heavy atom. The quantitative estimate of drug-likeness (QED) is 0.634. The third-order valence-corrected chi connectivity index (χ3v) is 4.68. The SMILES string of the molecule is Cc1cc(Br)cc(C)c1Cc1ccnc(Cc2ccc(C#N)cc2)n1. The van der Waals surface area contributed by atoms with Crippen LogP contribution in [0.25, 0.3) is 0 Å². The maximum absolute atomic E-state index is 8.88. The molecule has 0 radical (unpaired) electrons. The van der Waals surface area contributed by atoms with E-state index in [1.165, 1.54) is 16.7 Å². The van der Waals surface area contributed by atoms with Crippen molar-refractivity contribution in [3.05, 3.63) is 92.5 Å². The van der Waals surface area contributed by atoms with Crippen LogP contribution < -0.4 is 0 Å². The number of aromatic nitrogens is 2. The molecule has 0 amide bonds. The summed E-state index contributed by atoms with van der Waals surface area (Å²) >= 11 is 3.55. The van der Waals surface area contributed by atoms with E-state index in [2.05, 4.69) is 53.0 Å².